The van der Waals surface area contributed by atoms with Crippen LogP contribution in [0.3, 0.4) is 0 Å². The minimum atomic E-state index is -0.216. The Hall–Kier alpha value is -1.29. The van der Waals surface area contributed by atoms with Gasteiger partial charge in [0, 0.05) is 6.42 Å². The largest absolute Gasteiger partial charge is 0.490 e. The predicted octanol–water partition coefficient (Wildman–Crippen LogP) is 2.80. The van der Waals surface area contributed by atoms with E-state index < -0.39 is 0 Å². The van der Waals surface area contributed by atoms with E-state index in [9.17, 15) is 4.39 Å². The van der Waals surface area contributed by atoms with Gasteiger partial charge in [0.05, 0.1) is 11.9 Å². The summed E-state index contributed by atoms with van der Waals surface area (Å²) in [5.41, 5.74) is 0.407. The van der Waals surface area contributed by atoms with Gasteiger partial charge in [-0.2, -0.15) is 0 Å². The number of para-hydroxylation sites is 1. The maximum absolute atomic E-state index is 13.5. The van der Waals surface area contributed by atoms with Gasteiger partial charge in [0.25, 0.3) is 0 Å². The highest BCUT2D eigenvalue weighted by atomic mass is 19.1. The van der Waals surface area contributed by atoms with Gasteiger partial charge in [0.1, 0.15) is 5.75 Å². The minimum Gasteiger partial charge on any atom is -0.490 e. The fourth-order valence-corrected chi connectivity index (χ4v) is 1.99. The van der Waals surface area contributed by atoms with Gasteiger partial charge in [-0.3, -0.25) is 0 Å². The Labute approximate surface area is 101 Å². The van der Waals surface area contributed by atoms with Crippen molar-refractivity contribution in [3.63, 3.8) is 0 Å². The number of hydrogen-bond acceptors (Lipinski definition) is 2. The molecule has 1 unspecified atom stereocenters. The van der Waals surface area contributed by atoms with Crippen molar-refractivity contribution < 1.29 is 14.2 Å². The molecule has 17 heavy (non-hydrogen) atoms. The first kappa shape index (κ1) is 12.2. The Kier molecular flexibility index (Phi) is 4.21. The third kappa shape index (κ3) is 3.33. The summed E-state index contributed by atoms with van der Waals surface area (Å²) in [5.74, 6) is 0.598. The van der Waals surface area contributed by atoms with Crippen LogP contribution in [-0.2, 0) is 0 Å². The van der Waals surface area contributed by atoms with E-state index in [0.29, 0.717) is 24.7 Å². The van der Waals surface area contributed by atoms with Crippen molar-refractivity contribution in [1.82, 2.24) is 0 Å². The third-order valence-corrected chi connectivity index (χ3v) is 2.97. The molecule has 1 atom stereocenters. The zero-order chi connectivity index (χ0) is 12.1. The lowest BCUT2D eigenvalue weighted by molar-refractivity contribution is 0.183. The van der Waals surface area contributed by atoms with E-state index in [1.807, 2.05) is 30.3 Å². The molecule has 1 aromatic rings. The molecule has 1 aliphatic rings. The van der Waals surface area contributed by atoms with Crippen LogP contribution in [0.2, 0.25) is 0 Å². The number of hydrogen-bond donors (Lipinski definition) is 1. The van der Waals surface area contributed by atoms with Gasteiger partial charge in [0.15, 0.2) is 0 Å². The lowest BCUT2D eigenvalue weighted by atomic mass is 9.84. The Morgan fingerprint density at radius 3 is 2.59 bits per heavy atom. The van der Waals surface area contributed by atoms with Gasteiger partial charge in [-0.05, 0) is 36.9 Å². The van der Waals surface area contributed by atoms with Gasteiger partial charge >= 0.3 is 7.48 Å². The molecule has 0 saturated carbocycles. The van der Waals surface area contributed by atoms with E-state index in [4.69, 9.17) is 9.76 Å². The summed E-state index contributed by atoms with van der Waals surface area (Å²) < 4.78 is 19.2. The van der Waals surface area contributed by atoms with Gasteiger partial charge in [-0.25, -0.2) is 4.39 Å². The summed E-state index contributed by atoms with van der Waals surface area (Å²) in [6.07, 6.45) is 2.26. The van der Waals surface area contributed by atoms with Crippen LogP contribution in [0.5, 0.6) is 5.75 Å². The molecule has 0 spiro atoms. The third-order valence-electron chi connectivity index (χ3n) is 2.97. The van der Waals surface area contributed by atoms with Crippen LogP contribution in [0.4, 0.5) is 4.39 Å². The first-order valence-corrected chi connectivity index (χ1v) is 5.86. The Morgan fingerprint density at radius 2 is 1.88 bits per heavy atom. The van der Waals surface area contributed by atoms with Crippen molar-refractivity contribution >= 4 is 7.48 Å². The summed E-state index contributed by atoms with van der Waals surface area (Å²) in [6, 6.07) is 9.55. The van der Waals surface area contributed by atoms with Crippen LogP contribution in [-0.4, -0.2) is 18.6 Å². The summed E-state index contributed by atoms with van der Waals surface area (Å²) in [7, 11) is 0.875. The smallest absolute Gasteiger partial charge is 0.324 e. The number of allylic oxidation sites excluding steroid dienone is 2. The molecule has 0 amide bonds. The van der Waals surface area contributed by atoms with E-state index in [1.165, 1.54) is 0 Å². The molecule has 2 rings (SSSR count). The van der Waals surface area contributed by atoms with Crippen LogP contribution in [0.25, 0.3) is 0 Å². The molecule has 89 valence electrons. The van der Waals surface area contributed by atoms with Crippen molar-refractivity contribution in [2.24, 2.45) is 0 Å². The molecule has 0 bridgehead atoms. The van der Waals surface area contributed by atoms with E-state index in [-0.39, 0.29) is 11.9 Å². The van der Waals surface area contributed by atoms with Gasteiger partial charge in [-0.1, -0.05) is 18.2 Å². The van der Waals surface area contributed by atoms with Crippen LogP contribution in [0, 0.1) is 0 Å². The summed E-state index contributed by atoms with van der Waals surface area (Å²) >= 11 is 0. The van der Waals surface area contributed by atoms with Gasteiger partial charge in [0.2, 0.25) is 0 Å². The lowest BCUT2D eigenvalue weighted by Crippen LogP contribution is -2.15. The quantitative estimate of drug-likeness (QED) is 0.813. The second kappa shape index (κ2) is 5.87. The van der Waals surface area contributed by atoms with Gasteiger partial charge in [-0.15, -0.1) is 0 Å². The minimum absolute atomic E-state index is 0.0144. The SMILES string of the molecule is O[B]C1=C(F)CCC(Oc2ccccc2)CC1. The predicted molar refractivity (Wildman–Crippen MR) is 65.4 cm³/mol. The Balaban J connectivity index is 1.94. The van der Waals surface area contributed by atoms with Crippen molar-refractivity contribution in [3.05, 3.63) is 41.6 Å². The summed E-state index contributed by atoms with van der Waals surface area (Å²) in [4.78, 5) is 0. The zero-order valence-corrected chi connectivity index (χ0v) is 9.60. The first-order valence-electron chi connectivity index (χ1n) is 5.86. The molecular formula is C13H15BFO2. The highest BCUT2D eigenvalue weighted by molar-refractivity contribution is 6.36. The van der Waals surface area contributed by atoms with E-state index in [0.717, 1.165) is 19.7 Å². The van der Waals surface area contributed by atoms with Crippen molar-refractivity contribution in [3.8, 4) is 5.75 Å². The monoisotopic (exact) mass is 233 g/mol. The lowest BCUT2D eigenvalue weighted by Gasteiger charge is -2.16. The highest BCUT2D eigenvalue weighted by Gasteiger charge is 2.19. The molecule has 1 N–H and O–H groups in total. The average Bonchev–Trinajstić information content (AvgIpc) is 2.53. The Morgan fingerprint density at radius 1 is 1.18 bits per heavy atom. The molecule has 1 aromatic carbocycles. The normalized spacial score (nSPS) is 20.9. The average molecular weight is 233 g/mol. The van der Waals surface area contributed by atoms with Crippen LogP contribution < -0.4 is 4.74 Å². The van der Waals surface area contributed by atoms with E-state index in [1.54, 1.807) is 0 Å². The summed E-state index contributed by atoms with van der Waals surface area (Å²) in [5, 5.41) is 8.90. The Bertz CT molecular complexity index is 392. The molecule has 4 heteroatoms. The molecule has 0 aromatic heterocycles. The van der Waals surface area contributed by atoms with Crippen molar-refractivity contribution in [2.75, 3.05) is 0 Å². The van der Waals surface area contributed by atoms with Crippen LogP contribution in [0.1, 0.15) is 25.7 Å². The molecule has 2 nitrogen and oxygen atoms in total. The van der Waals surface area contributed by atoms with E-state index in [2.05, 4.69) is 0 Å². The van der Waals surface area contributed by atoms with Crippen molar-refractivity contribution in [1.29, 1.82) is 0 Å². The standard InChI is InChI=1S/C13H15BFO2/c15-13-9-7-11(6-8-12(13)14-16)17-10-4-2-1-3-5-10/h1-5,11,16H,6-9H2. The maximum atomic E-state index is 13.5. The fraction of sp³-hybridized carbons (Fsp3) is 0.385. The second-order valence-corrected chi connectivity index (χ2v) is 4.19. The molecule has 0 fully saturated rings. The number of ether oxygens (including phenoxy) is 1. The van der Waals surface area contributed by atoms with Crippen molar-refractivity contribution in [2.45, 2.75) is 31.8 Å². The maximum Gasteiger partial charge on any atom is 0.324 e. The molecular weight excluding hydrogens is 218 g/mol. The first-order chi connectivity index (χ1) is 8.29. The molecule has 0 aliphatic heterocycles. The zero-order valence-electron chi connectivity index (χ0n) is 9.60. The van der Waals surface area contributed by atoms with E-state index >= 15 is 0 Å². The topological polar surface area (TPSA) is 29.5 Å². The fourth-order valence-electron chi connectivity index (χ4n) is 1.99. The number of benzene rings is 1. The second-order valence-electron chi connectivity index (χ2n) is 4.19. The molecule has 1 radical (unpaired) electrons. The van der Waals surface area contributed by atoms with Crippen LogP contribution in [0.15, 0.2) is 41.6 Å². The molecule has 0 heterocycles. The molecule has 0 saturated heterocycles. The highest BCUT2D eigenvalue weighted by Crippen LogP contribution is 2.26. The van der Waals surface area contributed by atoms with Gasteiger partial charge < -0.3 is 9.76 Å². The number of rotatable bonds is 3. The van der Waals surface area contributed by atoms with Crippen LogP contribution >= 0.6 is 0 Å². The molecule has 1 aliphatic carbocycles. The summed E-state index contributed by atoms with van der Waals surface area (Å²) in [6.45, 7) is 0. The number of halogens is 1.